The van der Waals surface area contributed by atoms with Crippen LogP contribution in [0.1, 0.15) is 48.9 Å². The second-order valence-electron chi connectivity index (χ2n) is 5.01. The number of carbonyl (C=O) groups is 2. The van der Waals surface area contributed by atoms with Crippen LogP contribution in [0.5, 0.6) is 0 Å². The van der Waals surface area contributed by atoms with Gasteiger partial charge in [-0.15, -0.1) is 0 Å². The first-order valence-corrected chi connectivity index (χ1v) is 7.11. The van der Waals surface area contributed by atoms with Crippen molar-refractivity contribution in [3.63, 3.8) is 0 Å². The van der Waals surface area contributed by atoms with Crippen LogP contribution in [0.25, 0.3) is 0 Å². The summed E-state index contributed by atoms with van der Waals surface area (Å²) < 4.78 is 0. The van der Waals surface area contributed by atoms with Crippen molar-refractivity contribution in [3.8, 4) is 0 Å². The molecule has 0 spiro atoms. The van der Waals surface area contributed by atoms with E-state index in [1.807, 2.05) is 0 Å². The zero-order valence-corrected chi connectivity index (χ0v) is 11.6. The highest BCUT2D eigenvalue weighted by Gasteiger charge is 2.18. The van der Waals surface area contributed by atoms with Gasteiger partial charge in [0.2, 0.25) is 5.91 Å². The van der Waals surface area contributed by atoms with Gasteiger partial charge in [-0.2, -0.15) is 0 Å². The Labute approximate surface area is 118 Å². The average molecular weight is 280 g/mol. The maximum atomic E-state index is 11.9. The molecule has 0 aliphatic heterocycles. The van der Waals surface area contributed by atoms with Gasteiger partial charge in [-0.25, -0.2) is 0 Å². The fourth-order valence-electron chi connectivity index (χ4n) is 2.41. The third kappa shape index (κ3) is 4.35. The van der Waals surface area contributed by atoms with Gasteiger partial charge in [0.25, 0.3) is 0 Å². The van der Waals surface area contributed by atoms with Gasteiger partial charge >= 0.3 is 0 Å². The van der Waals surface area contributed by atoms with E-state index in [9.17, 15) is 9.59 Å². The number of amides is 1. The van der Waals surface area contributed by atoms with Gasteiger partial charge in [0, 0.05) is 16.6 Å². The number of benzene rings is 1. The first-order valence-electron chi connectivity index (χ1n) is 6.73. The number of hydrogen-bond acceptors (Lipinski definition) is 2. The lowest BCUT2D eigenvalue weighted by molar-refractivity contribution is -0.121. The Bertz CT molecular complexity index is 450. The molecule has 0 saturated heterocycles. The number of hydrogen-bond donors (Lipinski definition) is 1. The standard InChI is InChI=1S/C15H18ClNO2/c16-12-8-6-11(7-9-12)14(18)10-15(19)17-13-4-2-1-3-5-13/h6-9,13H,1-5,10H2,(H,17,19). The zero-order chi connectivity index (χ0) is 13.7. The average Bonchev–Trinajstić information content (AvgIpc) is 2.40. The Morgan fingerprint density at radius 1 is 1.11 bits per heavy atom. The third-order valence-electron chi connectivity index (χ3n) is 3.46. The number of nitrogens with one attached hydrogen (secondary N) is 1. The summed E-state index contributed by atoms with van der Waals surface area (Å²) in [6.07, 6.45) is 5.54. The van der Waals surface area contributed by atoms with Crippen molar-refractivity contribution in [2.75, 3.05) is 0 Å². The molecule has 1 aliphatic carbocycles. The monoisotopic (exact) mass is 279 g/mol. The number of Topliss-reactive ketones (excluding diaryl/α,β-unsaturated/α-hetero) is 1. The Hall–Kier alpha value is -1.35. The Balaban J connectivity index is 1.84. The Morgan fingerprint density at radius 2 is 1.74 bits per heavy atom. The highest BCUT2D eigenvalue weighted by Crippen LogP contribution is 2.17. The van der Waals surface area contributed by atoms with E-state index >= 15 is 0 Å². The minimum absolute atomic E-state index is 0.0852. The van der Waals surface area contributed by atoms with E-state index in [0.29, 0.717) is 10.6 Å². The van der Waals surface area contributed by atoms with Crippen LogP contribution >= 0.6 is 11.6 Å². The summed E-state index contributed by atoms with van der Waals surface area (Å²) in [6, 6.07) is 6.87. The molecule has 0 unspecified atom stereocenters. The molecule has 0 bridgehead atoms. The lowest BCUT2D eigenvalue weighted by Gasteiger charge is -2.22. The molecule has 1 saturated carbocycles. The molecule has 4 heteroatoms. The molecule has 1 amide bonds. The molecule has 1 aromatic carbocycles. The highest BCUT2D eigenvalue weighted by molar-refractivity contribution is 6.30. The van der Waals surface area contributed by atoms with Crippen molar-refractivity contribution in [2.24, 2.45) is 0 Å². The normalized spacial score (nSPS) is 16.1. The largest absolute Gasteiger partial charge is 0.353 e. The molecule has 0 radical (unpaired) electrons. The molecule has 0 heterocycles. The van der Waals surface area contributed by atoms with Crippen LogP contribution in [-0.4, -0.2) is 17.7 Å². The molecule has 19 heavy (non-hydrogen) atoms. The molecule has 1 N–H and O–H groups in total. The molecular weight excluding hydrogens is 262 g/mol. The fourth-order valence-corrected chi connectivity index (χ4v) is 2.54. The quantitative estimate of drug-likeness (QED) is 0.678. The Kier molecular flexibility index (Phi) is 4.97. The van der Waals surface area contributed by atoms with Crippen molar-refractivity contribution in [2.45, 2.75) is 44.6 Å². The predicted molar refractivity (Wildman–Crippen MR) is 75.4 cm³/mol. The summed E-state index contributed by atoms with van der Waals surface area (Å²) >= 11 is 5.76. The van der Waals surface area contributed by atoms with Crippen LogP contribution in [0, 0.1) is 0 Å². The van der Waals surface area contributed by atoms with E-state index < -0.39 is 0 Å². The number of halogens is 1. The molecule has 102 valence electrons. The third-order valence-corrected chi connectivity index (χ3v) is 3.71. The molecule has 0 aromatic heterocycles. The van der Waals surface area contributed by atoms with E-state index in [1.54, 1.807) is 24.3 Å². The van der Waals surface area contributed by atoms with E-state index in [2.05, 4.69) is 5.32 Å². The zero-order valence-electron chi connectivity index (χ0n) is 10.8. The Morgan fingerprint density at radius 3 is 2.37 bits per heavy atom. The fraction of sp³-hybridized carbons (Fsp3) is 0.467. The van der Waals surface area contributed by atoms with Gasteiger partial charge in [-0.1, -0.05) is 30.9 Å². The maximum Gasteiger partial charge on any atom is 0.228 e. The van der Waals surface area contributed by atoms with Crippen LogP contribution in [-0.2, 0) is 4.79 Å². The molecule has 1 aliphatic rings. The molecule has 3 nitrogen and oxygen atoms in total. The van der Waals surface area contributed by atoms with Gasteiger partial charge < -0.3 is 5.32 Å². The van der Waals surface area contributed by atoms with E-state index in [4.69, 9.17) is 11.6 Å². The first-order chi connectivity index (χ1) is 9.15. The van der Waals surface area contributed by atoms with E-state index in [0.717, 1.165) is 25.7 Å². The number of rotatable bonds is 4. The topological polar surface area (TPSA) is 46.2 Å². The van der Waals surface area contributed by atoms with Crippen LogP contribution in [0.15, 0.2) is 24.3 Å². The number of ketones is 1. The first kappa shape index (κ1) is 14.1. The van der Waals surface area contributed by atoms with Crippen LogP contribution in [0.3, 0.4) is 0 Å². The van der Waals surface area contributed by atoms with Crippen molar-refractivity contribution in [1.29, 1.82) is 0 Å². The highest BCUT2D eigenvalue weighted by atomic mass is 35.5. The van der Waals surface area contributed by atoms with Crippen molar-refractivity contribution >= 4 is 23.3 Å². The van der Waals surface area contributed by atoms with Crippen molar-refractivity contribution in [1.82, 2.24) is 5.32 Å². The summed E-state index contributed by atoms with van der Waals surface area (Å²) in [6.45, 7) is 0. The van der Waals surface area contributed by atoms with Crippen LogP contribution in [0.4, 0.5) is 0 Å². The summed E-state index contributed by atoms with van der Waals surface area (Å²) in [7, 11) is 0. The van der Waals surface area contributed by atoms with Gasteiger partial charge in [-0.05, 0) is 37.1 Å². The molecule has 1 fully saturated rings. The lowest BCUT2D eigenvalue weighted by atomic mass is 9.95. The summed E-state index contributed by atoms with van der Waals surface area (Å²) in [5, 5.41) is 3.53. The van der Waals surface area contributed by atoms with Crippen LogP contribution in [0.2, 0.25) is 5.02 Å². The summed E-state index contributed by atoms with van der Waals surface area (Å²) in [5.41, 5.74) is 0.531. The smallest absolute Gasteiger partial charge is 0.228 e. The van der Waals surface area contributed by atoms with Crippen molar-refractivity contribution in [3.05, 3.63) is 34.9 Å². The SMILES string of the molecule is O=C(CC(=O)c1ccc(Cl)cc1)NC1CCCCC1. The van der Waals surface area contributed by atoms with Gasteiger partial charge in [0.05, 0.1) is 6.42 Å². The molecule has 2 rings (SSSR count). The molecule has 1 aromatic rings. The second-order valence-corrected chi connectivity index (χ2v) is 5.45. The minimum atomic E-state index is -0.174. The molecule has 0 atom stereocenters. The van der Waals surface area contributed by atoms with Crippen LogP contribution < -0.4 is 5.32 Å². The van der Waals surface area contributed by atoms with E-state index in [-0.39, 0.29) is 24.2 Å². The van der Waals surface area contributed by atoms with Crippen molar-refractivity contribution < 1.29 is 9.59 Å². The summed E-state index contributed by atoms with van der Waals surface area (Å²) in [4.78, 5) is 23.7. The lowest BCUT2D eigenvalue weighted by Crippen LogP contribution is -2.37. The van der Waals surface area contributed by atoms with Gasteiger partial charge in [0.15, 0.2) is 5.78 Å². The van der Waals surface area contributed by atoms with Gasteiger partial charge in [-0.3, -0.25) is 9.59 Å². The van der Waals surface area contributed by atoms with Gasteiger partial charge in [0.1, 0.15) is 0 Å². The maximum absolute atomic E-state index is 11.9. The second kappa shape index (κ2) is 6.71. The minimum Gasteiger partial charge on any atom is -0.353 e. The predicted octanol–water partition coefficient (Wildman–Crippen LogP) is 3.36. The molecular formula is C15H18ClNO2. The number of carbonyl (C=O) groups excluding carboxylic acids is 2. The van der Waals surface area contributed by atoms with E-state index in [1.165, 1.54) is 6.42 Å². The summed E-state index contributed by atoms with van der Waals surface area (Å²) in [5.74, 6) is -0.336.